The van der Waals surface area contributed by atoms with E-state index in [1.807, 2.05) is 0 Å². The molecule has 0 radical (unpaired) electrons. The summed E-state index contributed by atoms with van der Waals surface area (Å²) in [6, 6.07) is 6.92. The second-order valence-corrected chi connectivity index (χ2v) is 2.90. The first-order valence-electron chi connectivity index (χ1n) is 3.96. The van der Waals surface area contributed by atoms with Crippen LogP contribution < -0.4 is 0 Å². The molecule has 0 saturated heterocycles. The van der Waals surface area contributed by atoms with E-state index in [1.54, 1.807) is 24.3 Å². The predicted molar refractivity (Wildman–Crippen MR) is 45.5 cm³/mol. The molecule has 0 N–H and O–H groups in total. The molecule has 1 aliphatic carbocycles. The molecular weight excluding hydrogens is 168 g/mol. The van der Waals surface area contributed by atoms with Crippen molar-refractivity contribution in [3.63, 3.8) is 0 Å². The number of carbonyl (C=O) groups is 2. The Labute approximate surface area is 75.3 Å². The summed E-state index contributed by atoms with van der Waals surface area (Å²) < 4.78 is 4.95. The molecular formula is C10H8O3. The molecule has 0 saturated carbocycles. The molecule has 1 aromatic rings. The first kappa shape index (κ1) is 8.13. The fraction of sp³-hybridized carbons (Fsp3) is 0.200. The molecule has 66 valence electrons. The third-order valence-electron chi connectivity index (χ3n) is 2.19. The monoisotopic (exact) mass is 176 g/mol. The molecule has 0 heterocycles. The van der Waals surface area contributed by atoms with Gasteiger partial charge in [0.2, 0.25) is 11.6 Å². The molecule has 1 atom stereocenters. The Kier molecular flexibility index (Phi) is 1.74. The van der Waals surface area contributed by atoms with Gasteiger partial charge in [-0.15, -0.1) is 0 Å². The van der Waals surface area contributed by atoms with Gasteiger partial charge in [-0.3, -0.25) is 9.59 Å². The van der Waals surface area contributed by atoms with Crippen LogP contribution in [0.3, 0.4) is 0 Å². The summed E-state index contributed by atoms with van der Waals surface area (Å²) in [6.07, 6.45) is -0.691. The molecule has 0 unspecified atom stereocenters. The number of fused-ring (bicyclic) bond motifs is 1. The van der Waals surface area contributed by atoms with Crippen molar-refractivity contribution in [1.29, 1.82) is 0 Å². The Morgan fingerprint density at radius 1 is 1.23 bits per heavy atom. The van der Waals surface area contributed by atoms with E-state index in [9.17, 15) is 9.59 Å². The van der Waals surface area contributed by atoms with E-state index < -0.39 is 17.7 Å². The number of ether oxygens (including phenoxy) is 1. The van der Waals surface area contributed by atoms with Gasteiger partial charge in [-0.05, 0) is 5.56 Å². The van der Waals surface area contributed by atoms with Crippen molar-refractivity contribution >= 4 is 11.6 Å². The minimum absolute atomic E-state index is 0.442. The quantitative estimate of drug-likeness (QED) is 0.602. The van der Waals surface area contributed by atoms with Gasteiger partial charge in [0.05, 0.1) is 0 Å². The zero-order chi connectivity index (χ0) is 9.42. The molecule has 1 aromatic carbocycles. The van der Waals surface area contributed by atoms with Crippen LogP contribution in [0.4, 0.5) is 0 Å². The SMILES string of the molecule is CO[C@@H]1C(=O)C(=O)c2ccccc21. The van der Waals surface area contributed by atoms with Crippen molar-refractivity contribution in [3.05, 3.63) is 35.4 Å². The van der Waals surface area contributed by atoms with Crippen LogP contribution in [0.15, 0.2) is 24.3 Å². The Hall–Kier alpha value is -1.48. The van der Waals surface area contributed by atoms with Crippen molar-refractivity contribution in [1.82, 2.24) is 0 Å². The topological polar surface area (TPSA) is 43.4 Å². The summed E-state index contributed by atoms with van der Waals surface area (Å²) in [6.45, 7) is 0. The molecule has 2 rings (SSSR count). The maximum atomic E-state index is 11.3. The summed E-state index contributed by atoms with van der Waals surface area (Å²) in [5, 5.41) is 0. The molecule has 0 bridgehead atoms. The van der Waals surface area contributed by atoms with Gasteiger partial charge in [-0.1, -0.05) is 24.3 Å². The van der Waals surface area contributed by atoms with Crippen molar-refractivity contribution < 1.29 is 14.3 Å². The summed E-state index contributed by atoms with van der Waals surface area (Å²) in [7, 11) is 1.43. The second-order valence-electron chi connectivity index (χ2n) is 2.90. The van der Waals surface area contributed by atoms with E-state index in [0.29, 0.717) is 11.1 Å². The number of methoxy groups -OCH3 is 1. The van der Waals surface area contributed by atoms with Crippen molar-refractivity contribution in [2.24, 2.45) is 0 Å². The van der Waals surface area contributed by atoms with Gasteiger partial charge in [-0.2, -0.15) is 0 Å². The van der Waals surface area contributed by atoms with Crippen LogP contribution in [0.25, 0.3) is 0 Å². The molecule has 13 heavy (non-hydrogen) atoms. The van der Waals surface area contributed by atoms with Crippen LogP contribution in [0, 0.1) is 0 Å². The number of rotatable bonds is 1. The number of carbonyl (C=O) groups excluding carboxylic acids is 2. The molecule has 0 amide bonds. The van der Waals surface area contributed by atoms with Crippen LogP contribution in [-0.2, 0) is 9.53 Å². The normalized spacial score (nSPS) is 20.5. The first-order chi connectivity index (χ1) is 6.25. The van der Waals surface area contributed by atoms with Crippen molar-refractivity contribution in [3.8, 4) is 0 Å². The number of hydrogen-bond donors (Lipinski definition) is 0. The van der Waals surface area contributed by atoms with E-state index in [-0.39, 0.29) is 0 Å². The maximum absolute atomic E-state index is 11.3. The molecule has 0 aromatic heterocycles. The Balaban J connectivity index is 2.60. The number of benzene rings is 1. The lowest BCUT2D eigenvalue weighted by Crippen LogP contribution is -2.13. The van der Waals surface area contributed by atoms with Crippen LogP contribution >= 0.6 is 0 Å². The van der Waals surface area contributed by atoms with Gasteiger partial charge in [0.25, 0.3) is 0 Å². The average molecular weight is 176 g/mol. The summed E-state index contributed by atoms with van der Waals surface area (Å²) >= 11 is 0. The van der Waals surface area contributed by atoms with Gasteiger partial charge in [0.1, 0.15) is 6.10 Å². The lowest BCUT2D eigenvalue weighted by Gasteiger charge is -2.04. The molecule has 0 spiro atoms. The zero-order valence-corrected chi connectivity index (χ0v) is 7.11. The van der Waals surface area contributed by atoms with Crippen LogP contribution in [0.2, 0.25) is 0 Å². The smallest absolute Gasteiger partial charge is 0.236 e. The Bertz CT molecular complexity index is 382. The van der Waals surface area contributed by atoms with E-state index in [2.05, 4.69) is 0 Å². The molecule has 1 aliphatic rings. The highest BCUT2D eigenvalue weighted by Crippen LogP contribution is 2.30. The molecule has 3 nitrogen and oxygen atoms in total. The number of Topliss-reactive ketones (excluding diaryl/α,β-unsaturated/α-hetero) is 2. The largest absolute Gasteiger partial charge is 0.368 e. The minimum Gasteiger partial charge on any atom is -0.368 e. The lowest BCUT2D eigenvalue weighted by atomic mass is 10.1. The van der Waals surface area contributed by atoms with Gasteiger partial charge in [0.15, 0.2) is 0 Å². The molecule has 3 heteroatoms. The third kappa shape index (κ3) is 1.01. The highest BCUT2D eigenvalue weighted by molar-refractivity contribution is 6.48. The zero-order valence-electron chi connectivity index (χ0n) is 7.11. The van der Waals surface area contributed by atoms with Gasteiger partial charge in [0, 0.05) is 12.7 Å². The average Bonchev–Trinajstić information content (AvgIpc) is 2.41. The van der Waals surface area contributed by atoms with Crippen LogP contribution in [0.1, 0.15) is 22.0 Å². The summed E-state index contributed by atoms with van der Waals surface area (Å²) in [5.74, 6) is -0.911. The Morgan fingerprint density at radius 3 is 2.62 bits per heavy atom. The van der Waals surface area contributed by atoms with Crippen molar-refractivity contribution in [2.45, 2.75) is 6.10 Å². The van der Waals surface area contributed by atoms with Gasteiger partial charge < -0.3 is 4.74 Å². The van der Waals surface area contributed by atoms with Gasteiger partial charge >= 0.3 is 0 Å². The van der Waals surface area contributed by atoms with Crippen molar-refractivity contribution in [2.75, 3.05) is 7.11 Å². The lowest BCUT2D eigenvalue weighted by molar-refractivity contribution is -0.123. The predicted octanol–water partition coefficient (Wildman–Crippen LogP) is 1.14. The molecule has 0 aliphatic heterocycles. The minimum atomic E-state index is -0.691. The van der Waals surface area contributed by atoms with E-state index in [1.165, 1.54) is 7.11 Å². The number of ketones is 2. The fourth-order valence-corrected chi connectivity index (χ4v) is 1.56. The highest BCUT2D eigenvalue weighted by atomic mass is 16.5. The Morgan fingerprint density at radius 2 is 1.92 bits per heavy atom. The standard InChI is InChI=1S/C10H8O3/c1-13-10-7-5-3-2-4-6(7)8(11)9(10)12/h2-5,10H,1H3/t10-/m0/s1. The van der Waals surface area contributed by atoms with E-state index >= 15 is 0 Å². The summed E-state index contributed by atoms with van der Waals surface area (Å²) in [5.41, 5.74) is 1.15. The second kappa shape index (κ2) is 2.78. The molecule has 0 fully saturated rings. The maximum Gasteiger partial charge on any atom is 0.236 e. The van der Waals surface area contributed by atoms with Gasteiger partial charge in [-0.25, -0.2) is 0 Å². The van der Waals surface area contributed by atoms with Crippen LogP contribution in [0.5, 0.6) is 0 Å². The highest BCUT2D eigenvalue weighted by Gasteiger charge is 2.37. The first-order valence-corrected chi connectivity index (χ1v) is 3.96. The number of hydrogen-bond acceptors (Lipinski definition) is 3. The van der Waals surface area contributed by atoms with Crippen LogP contribution in [-0.4, -0.2) is 18.7 Å². The van der Waals surface area contributed by atoms with E-state index in [4.69, 9.17) is 4.74 Å². The third-order valence-corrected chi connectivity index (χ3v) is 2.19. The van der Waals surface area contributed by atoms with E-state index in [0.717, 1.165) is 0 Å². The summed E-state index contributed by atoms with van der Waals surface area (Å²) in [4.78, 5) is 22.7. The fourth-order valence-electron chi connectivity index (χ4n) is 1.56.